The minimum absolute atomic E-state index is 0.00373. The van der Waals surface area contributed by atoms with Crippen molar-refractivity contribution in [1.82, 2.24) is 0 Å². The summed E-state index contributed by atoms with van der Waals surface area (Å²) in [5, 5.41) is 10.8. The molecule has 0 saturated heterocycles. The van der Waals surface area contributed by atoms with Gasteiger partial charge in [-0.25, -0.2) is 0 Å². The van der Waals surface area contributed by atoms with E-state index >= 15 is 0 Å². The molecule has 4 nitrogen and oxygen atoms in total. The molecule has 1 aromatic rings. The number of alkyl halides is 1. The van der Waals surface area contributed by atoms with E-state index in [2.05, 4.69) is 0 Å². The lowest BCUT2D eigenvalue weighted by molar-refractivity contribution is -0.589. The number of hydrogen-bond donors (Lipinski definition) is 0. The van der Waals surface area contributed by atoms with Gasteiger partial charge in [0.25, 0.3) is 0 Å². The average Bonchev–Trinajstić information content (AvgIpc) is 2.41. The molecule has 0 spiro atoms. The SMILES string of the molecule is O=[N+]([O-])C1(F)C=C(OCc2ccccc2)C(Cl)=CC1. The molecule has 1 aliphatic rings. The summed E-state index contributed by atoms with van der Waals surface area (Å²) in [5.74, 6) is -2.65. The molecule has 0 bridgehead atoms. The highest BCUT2D eigenvalue weighted by Gasteiger charge is 2.43. The van der Waals surface area contributed by atoms with Gasteiger partial charge in [-0.05, 0) is 5.56 Å². The Labute approximate surface area is 114 Å². The standard InChI is InChI=1S/C13H11ClFNO3/c14-11-6-7-13(15,16(17)18)8-12(11)19-9-10-4-2-1-3-5-10/h1-6,8H,7,9H2. The van der Waals surface area contributed by atoms with E-state index < -0.39 is 17.1 Å². The Balaban J connectivity index is 2.11. The Morgan fingerprint density at radius 2 is 2.11 bits per heavy atom. The number of halogens is 2. The third-order valence-electron chi connectivity index (χ3n) is 2.70. The number of benzene rings is 1. The van der Waals surface area contributed by atoms with Crippen molar-refractivity contribution in [3.05, 3.63) is 69.0 Å². The highest BCUT2D eigenvalue weighted by Crippen LogP contribution is 2.32. The second-order valence-electron chi connectivity index (χ2n) is 4.11. The van der Waals surface area contributed by atoms with E-state index in [4.69, 9.17) is 16.3 Å². The van der Waals surface area contributed by atoms with Crippen molar-refractivity contribution < 1.29 is 14.1 Å². The molecule has 1 aliphatic carbocycles. The van der Waals surface area contributed by atoms with Crippen LogP contribution in [-0.2, 0) is 11.3 Å². The molecule has 0 heterocycles. The van der Waals surface area contributed by atoms with Crippen molar-refractivity contribution in [2.75, 3.05) is 0 Å². The zero-order valence-electron chi connectivity index (χ0n) is 9.88. The van der Waals surface area contributed by atoms with Gasteiger partial charge in [0.15, 0.2) is 0 Å². The summed E-state index contributed by atoms with van der Waals surface area (Å²) in [6.45, 7) is 0.171. The Bertz CT molecular complexity index is 544. The summed E-state index contributed by atoms with van der Waals surface area (Å²) in [4.78, 5) is 9.67. The minimum Gasteiger partial charge on any atom is -0.487 e. The Morgan fingerprint density at radius 1 is 1.42 bits per heavy atom. The molecule has 1 unspecified atom stereocenters. The van der Waals surface area contributed by atoms with E-state index in [-0.39, 0.29) is 17.4 Å². The van der Waals surface area contributed by atoms with Crippen LogP contribution in [0.4, 0.5) is 4.39 Å². The van der Waals surface area contributed by atoms with Gasteiger partial charge in [-0.3, -0.25) is 10.1 Å². The topological polar surface area (TPSA) is 52.4 Å². The molecule has 0 N–H and O–H groups in total. The number of rotatable bonds is 4. The van der Waals surface area contributed by atoms with Gasteiger partial charge in [-0.1, -0.05) is 48.0 Å². The Hall–Kier alpha value is -1.88. The molecule has 0 amide bonds. The van der Waals surface area contributed by atoms with Crippen LogP contribution in [0.2, 0.25) is 0 Å². The third kappa shape index (κ3) is 3.12. The smallest absolute Gasteiger partial charge is 0.385 e. The monoisotopic (exact) mass is 283 g/mol. The van der Waals surface area contributed by atoms with E-state index in [0.717, 1.165) is 11.6 Å². The predicted molar refractivity (Wildman–Crippen MR) is 68.7 cm³/mol. The van der Waals surface area contributed by atoms with E-state index in [1.54, 1.807) is 0 Å². The zero-order chi connectivity index (χ0) is 13.9. The second-order valence-corrected chi connectivity index (χ2v) is 4.52. The molecule has 1 aromatic carbocycles. The van der Waals surface area contributed by atoms with Crippen LogP contribution >= 0.6 is 11.6 Å². The van der Waals surface area contributed by atoms with Gasteiger partial charge in [0.2, 0.25) is 0 Å². The van der Waals surface area contributed by atoms with Crippen LogP contribution in [0.5, 0.6) is 0 Å². The van der Waals surface area contributed by atoms with Crippen LogP contribution < -0.4 is 0 Å². The minimum atomic E-state index is -2.65. The van der Waals surface area contributed by atoms with Gasteiger partial charge < -0.3 is 4.74 Å². The molecule has 0 aliphatic heterocycles. The number of nitrogens with zero attached hydrogens (tertiary/aromatic N) is 1. The van der Waals surface area contributed by atoms with Crippen LogP contribution in [0.3, 0.4) is 0 Å². The van der Waals surface area contributed by atoms with E-state index in [1.807, 2.05) is 30.3 Å². The van der Waals surface area contributed by atoms with Crippen LogP contribution in [0.25, 0.3) is 0 Å². The van der Waals surface area contributed by atoms with E-state index in [1.165, 1.54) is 6.08 Å². The van der Waals surface area contributed by atoms with Gasteiger partial charge in [-0.15, -0.1) is 0 Å². The zero-order valence-corrected chi connectivity index (χ0v) is 10.6. The lowest BCUT2D eigenvalue weighted by atomic mass is 10.1. The molecule has 100 valence electrons. The Morgan fingerprint density at radius 3 is 2.74 bits per heavy atom. The first kappa shape index (κ1) is 13.5. The number of ether oxygens (including phenoxy) is 1. The fourth-order valence-corrected chi connectivity index (χ4v) is 1.82. The second kappa shape index (κ2) is 5.40. The number of hydrogen-bond acceptors (Lipinski definition) is 3. The summed E-state index contributed by atoms with van der Waals surface area (Å²) in [6.07, 6.45) is 1.68. The first-order chi connectivity index (χ1) is 9.01. The molecule has 1 atom stereocenters. The first-order valence-electron chi connectivity index (χ1n) is 5.60. The molecular weight excluding hydrogens is 273 g/mol. The molecule has 0 aromatic heterocycles. The summed E-state index contributed by atoms with van der Waals surface area (Å²) < 4.78 is 19.2. The van der Waals surface area contributed by atoms with Crippen LogP contribution in [0.1, 0.15) is 12.0 Å². The summed E-state index contributed by atoms with van der Waals surface area (Å²) in [5.41, 5.74) is 0.865. The molecule has 0 saturated carbocycles. The maximum Gasteiger partial charge on any atom is 0.385 e. The summed E-state index contributed by atoms with van der Waals surface area (Å²) in [6, 6.07) is 9.19. The van der Waals surface area contributed by atoms with Gasteiger partial charge in [-0.2, -0.15) is 4.39 Å². The van der Waals surface area contributed by atoms with Crippen molar-refractivity contribution in [2.24, 2.45) is 0 Å². The van der Waals surface area contributed by atoms with Crippen molar-refractivity contribution in [3.63, 3.8) is 0 Å². The summed E-state index contributed by atoms with van der Waals surface area (Å²) >= 11 is 5.86. The largest absolute Gasteiger partial charge is 0.487 e. The molecule has 2 rings (SSSR count). The Kier molecular flexibility index (Phi) is 3.85. The quantitative estimate of drug-likeness (QED) is 0.482. The van der Waals surface area contributed by atoms with E-state index in [9.17, 15) is 14.5 Å². The van der Waals surface area contributed by atoms with Gasteiger partial charge in [0.05, 0.1) is 22.5 Å². The van der Waals surface area contributed by atoms with Crippen LogP contribution in [-0.4, -0.2) is 10.7 Å². The lowest BCUT2D eigenvalue weighted by Crippen LogP contribution is -2.32. The molecule has 19 heavy (non-hydrogen) atoms. The van der Waals surface area contributed by atoms with Gasteiger partial charge in [0.1, 0.15) is 12.4 Å². The van der Waals surface area contributed by atoms with Crippen LogP contribution in [0.15, 0.2) is 53.3 Å². The van der Waals surface area contributed by atoms with Crippen molar-refractivity contribution in [2.45, 2.75) is 18.8 Å². The third-order valence-corrected chi connectivity index (χ3v) is 3.04. The van der Waals surface area contributed by atoms with Crippen LogP contribution in [0, 0.1) is 10.1 Å². The van der Waals surface area contributed by atoms with Crippen molar-refractivity contribution in [3.8, 4) is 0 Å². The van der Waals surface area contributed by atoms with Crippen molar-refractivity contribution in [1.29, 1.82) is 0 Å². The van der Waals surface area contributed by atoms with Crippen molar-refractivity contribution >= 4 is 11.6 Å². The lowest BCUT2D eigenvalue weighted by Gasteiger charge is -2.19. The number of nitro groups is 1. The first-order valence-corrected chi connectivity index (χ1v) is 5.98. The maximum atomic E-state index is 13.9. The fourth-order valence-electron chi connectivity index (χ4n) is 1.64. The highest BCUT2D eigenvalue weighted by atomic mass is 35.5. The normalized spacial score (nSPS) is 22.4. The maximum absolute atomic E-state index is 13.9. The van der Waals surface area contributed by atoms with E-state index in [0.29, 0.717) is 0 Å². The predicted octanol–water partition coefficient (Wildman–Crippen LogP) is 3.56. The fraction of sp³-hybridized carbons (Fsp3) is 0.231. The summed E-state index contributed by atoms with van der Waals surface area (Å²) in [7, 11) is 0. The molecule has 6 heteroatoms. The van der Waals surface area contributed by atoms with Gasteiger partial charge in [0, 0.05) is 0 Å². The van der Waals surface area contributed by atoms with Gasteiger partial charge >= 0.3 is 5.79 Å². The number of allylic oxidation sites excluding steroid dienone is 1. The highest BCUT2D eigenvalue weighted by molar-refractivity contribution is 6.31. The molecule has 0 radical (unpaired) electrons. The molecule has 0 fully saturated rings. The average molecular weight is 284 g/mol. The molecular formula is C13H11ClFNO3.